The van der Waals surface area contributed by atoms with Gasteiger partial charge in [0.2, 0.25) is 0 Å². The van der Waals surface area contributed by atoms with Crippen LogP contribution in [0.4, 0.5) is 0 Å². The fraction of sp³-hybridized carbons (Fsp3) is 0.417. The van der Waals surface area contributed by atoms with E-state index in [1.165, 1.54) is 5.56 Å². The van der Waals surface area contributed by atoms with Crippen LogP contribution in [0.1, 0.15) is 18.0 Å². The van der Waals surface area contributed by atoms with Crippen molar-refractivity contribution in [3.05, 3.63) is 34.3 Å². The second-order valence-electron chi connectivity index (χ2n) is 3.66. The van der Waals surface area contributed by atoms with Crippen LogP contribution < -0.4 is 5.73 Å². The Morgan fingerprint density at radius 3 is 2.75 bits per heavy atom. The zero-order chi connectivity index (χ0) is 12.0. The van der Waals surface area contributed by atoms with Crippen LogP contribution in [0.25, 0.3) is 0 Å². The smallest absolute Gasteiger partial charge is 0.0635 e. The second kappa shape index (κ2) is 6.64. The first-order valence-electron chi connectivity index (χ1n) is 5.22. The first-order chi connectivity index (χ1) is 7.70. The zero-order valence-electron chi connectivity index (χ0n) is 9.36. The van der Waals surface area contributed by atoms with Crippen LogP contribution in [0.2, 0.25) is 0 Å². The number of likely N-dealkylation sites (N-methyl/N-ethyl adjacent to an activating group) is 1. The number of halogens is 1. The number of hydrogen-bond acceptors (Lipinski definition) is 3. The monoisotopic (exact) mass is 281 g/mol. The first kappa shape index (κ1) is 13.2. The molecule has 0 aliphatic carbocycles. The van der Waals surface area contributed by atoms with Gasteiger partial charge in [0, 0.05) is 30.0 Å². The van der Waals surface area contributed by atoms with E-state index >= 15 is 0 Å². The summed E-state index contributed by atoms with van der Waals surface area (Å²) in [6.45, 7) is 1.28. The van der Waals surface area contributed by atoms with Crippen molar-refractivity contribution in [3.8, 4) is 6.07 Å². The van der Waals surface area contributed by atoms with Crippen LogP contribution in [-0.2, 0) is 0 Å². The molecule has 0 aliphatic rings. The number of nitrogens with zero attached hydrogens (tertiary/aromatic N) is 2. The minimum atomic E-state index is 0.156. The highest BCUT2D eigenvalue weighted by Gasteiger charge is 2.16. The molecule has 0 heterocycles. The lowest BCUT2D eigenvalue weighted by atomic mass is 10.1. The molecule has 16 heavy (non-hydrogen) atoms. The Kier molecular flexibility index (Phi) is 5.47. The van der Waals surface area contributed by atoms with E-state index in [-0.39, 0.29) is 6.04 Å². The third-order valence-electron chi connectivity index (χ3n) is 2.60. The summed E-state index contributed by atoms with van der Waals surface area (Å²) in [5, 5.41) is 8.58. The minimum Gasteiger partial charge on any atom is -0.329 e. The van der Waals surface area contributed by atoms with Crippen LogP contribution in [-0.4, -0.2) is 25.0 Å². The van der Waals surface area contributed by atoms with Crippen molar-refractivity contribution in [2.45, 2.75) is 12.5 Å². The lowest BCUT2D eigenvalue weighted by Crippen LogP contribution is -2.31. The van der Waals surface area contributed by atoms with Crippen LogP contribution >= 0.6 is 15.9 Å². The van der Waals surface area contributed by atoms with Gasteiger partial charge < -0.3 is 5.73 Å². The molecule has 2 N–H and O–H groups in total. The van der Waals surface area contributed by atoms with Crippen LogP contribution in [0.5, 0.6) is 0 Å². The number of benzene rings is 1. The Morgan fingerprint density at radius 1 is 1.50 bits per heavy atom. The van der Waals surface area contributed by atoms with Gasteiger partial charge >= 0.3 is 0 Å². The summed E-state index contributed by atoms with van der Waals surface area (Å²) >= 11 is 3.53. The molecule has 0 fully saturated rings. The van der Waals surface area contributed by atoms with Gasteiger partial charge in [-0.3, -0.25) is 4.90 Å². The molecule has 1 aromatic carbocycles. The first-order valence-corrected chi connectivity index (χ1v) is 6.01. The van der Waals surface area contributed by atoms with E-state index in [1.807, 2.05) is 25.2 Å². The zero-order valence-corrected chi connectivity index (χ0v) is 10.9. The van der Waals surface area contributed by atoms with Gasteiger partial charge in [-0.25, -0.2) is 0 Å². The summed E-state index contributed by atoms with van der Waals surface area (Å²) in [5.74, 6) is 0. The molecule has 1 rings (SSSR count). The maximum Gasteiger partial charge on any atom is 0.0635 e. The minimum absolute atomic E-state index is 0.156. The summed E-state index contributed by atoms with van der Waals surface area (Å²) in [6.07, 6.45) is 0.525. The largest absolute Gasteiger partial charge is 0.329 e. The fourth-order valence-corrected chi connectivity index (χ4v) is 2.22. The van der Waals surface area contributed by atoms with E-state index < -0.39 is 0 Å². The average Bonchev–Trinajstić information content (AvgIpc) is 2.30. The van der Waals surface area contributed by atoms with Crippen molar-refractivity contribution < 1.29 is 0 Å². The van der Waals surface area contributed by atoms with Gasteiger partial charge in [-0.05, 0) is 18.7 Å². The van der Waals surface area contributed by atoms with E-state index in [0.29, 0.717) is 13.0 Å². The van der Waals surface area contributed by atoms with Crippen LogP contribution in [0.15, 0.2) is 28.7 Å². The Hall–Kier alpha value is -0.890. The van der Waals surface area contributed by atoms with Gasteiger partial charge in [-0.1, -0.05) is 34.1 Å². The summed E-state index contributed by atoms with van der Waals surface area (Å²) in [5.41, 5.74) is 6.97. The highest BCUT2D eigenvalue weighted by Crippen LogP contribution is 2.26. The molecule has 0 bridgehead atoms. The molecule has 0 spiro atoms. The molecule has 1 atom stereocenters. The predicted octanol–water partition coefficient (Wildman–Crippen LogP) is 2.29. The Morgan fingerprint density at radius 2 is 2.19 bits per heavy atom. The van der Waals surface area contributed by atoms with E-state index in [0.717, 1.165) is 11.0 Å². The third-order valence-corrected chi connectivity index (χ3v) is 3.32. The van der Waals surface area contributed by atoms with Crippen LogP contribution in [0, 0.1) is 11.3 Å². The third kappa shape index (κ3) is 3.31. The molecule has 3 nitrogen and oxygen atoms in total. The van der Waals surface area contributed by atoms with Gasteiger partial charge in [0.05, 0.1) is 6.07 Å². The molecule has 0 amide bonds. The predicted molar refractivity (Wildman–Crippen MR) is 68.8 cm³/mol. The van der Waals surface area contributed by atoms with Crippen molar-refractivity contribution in [1.29, 1.82) is 5.26 Å². The van der Waals surface area contributed by atoms with Crippen molar-refractivity contribution in [1.82, 2.24) is 4.90 Å². The molecule has 0 saturated heterocycles. The van der Waals surface area contributed by atoms with E-state index in [9.17, 15) is 0 Å². The quantitative estimate of drug-likeness (QED) is 0.901. The molecular weight excluding hydrogens is 266 g/mol. The molecule has 0 saturated carbocycles. The van der Waals surface area contributed by atoms with Crippen molar-refractivity contribution in [3.63, 3.8) is 0 Å². The van der Waals surface area contributed by atoms with Crippen molar-refractivity contribution in [2.75, 3.05) is 20.1 Å². The van der Waals surface area contributed by atoms with Gasteiger partial charge in [0.1, 0.15) is 0 Å². The topological polar surface area (TPSA) is 53.0 Å². The molecule has 0 radical (unpaired) electrons. The van der Waals surface area contributed by atoms with Gasteiger partial charge in [0.25, 0.3) is 0 Å². The average molecular weight is 282 g/mol. The summed E-state index contributed by atoms with van der Waals surface area (Å²) in [6, 6.07) is 10.4. The number of nitrogens with two attached hydrogens (primary N) is 1. The molecule has 0 aliphatic heterocycles. The molecule has 1 unspecified atom stereocenters. The second-order valence-corrected chi connectivity index (χ2v) is 4.52. The normalized spacial score (nSPS) is 12.4. The fourth-order valence-electron chi connectivity index (χ4n) is 1.67. The van der Waals surface area contributed by atoms with Gasteiger partial charge in [-0.2, -0.15) is 5.26 Å². The maximum absolute atomic E-state index is 8.58. The molecule has 0 aromatic heterocycles. The Labute approximate surface area is 105 Å². The van der Waals surface area contributed by atoms with E-state index in [4.69, 9.17) is 11.0 Å². The summed E-state index contributed by atoms with van der Waals surface area (Å²) < 4.78 is 1.06. The Balaban J connectivity index is 2.82. The number of nitriles is 1. The lowest BCUT2D eigenvalue weighted by molar-refractivity contribution is 0.255. The summed E-state index contributed by atoms with van der Waals surface area (Å²) in [4.78, 5) is 2.11. The van der Waals surface area contributed by atoms with Crippen LogP contribution in [0.3, 0.4) is 0 Å². The molecule has 4 heteroatoms. The van der Waals surface area contributed by atoms with E-state index in [2.05, 4.69) is 33.0 Å². The highest BCUT2D eigenvalue weighted by atomic mass is 79.9. The maximum atomic E-state index is 8.58. The van der Waals surface area contributed by atoms with Crippen molar-refractivity contribution in [2.24, 2.45) is 5.73 Å². The van der Waals surface area contributed by atoms with Gasteiger partial charge in [-0.15, -0.1) is 0 Å². The SMILES string of the molecule is CN(CCC#N)C(CN)c1ccccc1Br. The highest BCUT2D eigenvalue weighted by molar-refractivity contribution is 9.10. The van der Waals surface area contributed by atoms with E-state index in [1.54, 1.807) is 0 Å². The van der Waals surface area contributed by atoms with Gasteiger partial charge in [0.15, 0.2) is 0 Å². The standard InChI is InChI=1S/C12H16BrN3/c1-16(8-4-7-14)12(9-15)10-5-2-3-6-11(10)13/h2-3,5-6,12H,4,8-9,15H2,1H3. The number of hydrogen-bond donors (Lipinski definition) is 1. The summed E-state index contributed by atoms with van der Waals surface area (Å²) in [7, 11) is 1.99. The Bertz CT molecular complexity index is 373. The van der Waals surface area contributed by atoms with Crippen molar-refractivity contribution >= 4 is 15.9 Å². The molecule has 1 aromatic rings. The lowest BCUT2D eigenvalue weighted by Gasteiger charge is -2.27. The molecular formula is C12H16BrN3. The number of rotatable bonds is 5. The molecule has 86 valence electrons.